The molecule has 26 heavy (non-hydrogen) atoms. The van der Waals surface area contributed by atoms with E-state index in [1.54, 1.807) is 0 Å². The lowest BCUT2D eigenvalue weighted by atomic mass is 10.3. The molecule has 0 saturated heterocycles. The van der Waals surface area contributed by atoms with Gasteiger partial charge in [-0.2, -0.15) is 0 Å². The monoisotopic (exact) mass is 454 g/mol. The van der Waals surface area contributed by atoms with Crippen molar-refractivity contribution in [3.05, 3.63) is 12.1 Å². The fourth-order valence-corrected chi connectivity index (χ4v) is 2.87. The molecule has 0 unspecified atom stereocenters. The van der Waals surface area contributed by atoms with Crippen LogP contribution in [0.4, 0.5) is 0 Å². The maximum absolute atomic E-state index is 10.7. The molecular weight excluding hydrogens is 452 g/mol. The van der Waals surface area contributed by atoms with Gasteiger partial charge in [-0.1, -0.05) is 0 Å². The molecule has 0 atom stereocenters. The third kappa shape index (κ3) is 8.60. The third-order valence-corrected chi connectivity index (χ3v) is 3.52. The van der Waals surface area contributed by atoms with E-state index in [9.17, 15) is 57.4 Å². The summed E-state index contributed by atoms with van der Waals surface area (Å²) >= 11 is 0. The number of rotatable bonds is 8. The second-order valence-electron chi connectivity index (χ2n) is 3.87. The first kappa shape index (κ1) is 23.1. The first-order valence-corrected chi connectivity index (χ1v) is 11.2. The Morgan fingerprint density at radius 1 is 0.500 bits per heavy atom. The van der Waals surface area contributed by atoms with Gasteiger partial charge in [0.05, 0.1) is 0 Å². The molecule has 0 aromatic heterocycles. The van der Waals surface area contributed by atoms with Crippen LogP contribution < -0.4 is 57.2 Å². The van der Waals surface area contributed by atoms with Crippen LogP contribution in [0.1, 0.15) is 0 Å². The molecule has 1 rings (SSSR count). The van der Waals surface area contributed by atoms with E-state index in [-0.39, 0.29) is 12.1 Å². The van der Waals surface area contributed by atoms with Gasteiger partial charge in [-0.3, -0.25) is 0 Å². The van der Waals surface area contributed by atoms with Crippen molar-refractivity contribution in [2.24, 2.45) is 0 Å². The zero-order valence-electron chi connectivity index (χ0n) is 11.5. The first-order chi connectivity index (χ1) is 11.4. The molecule has 0 aliphatic carbocycles. The molecule has 0 N–H and O–H groups in total. The Morgan fingerprint density at radius 3 is 0.923 bits per heavy atom. The van der Waals surface area contributed by atoms with Crippen molar-refractivity contribution >= 4 is 31.3 Å². The lowest BCUT2D eigenvalue weighted by Crippen LogP contribution is -2.23. The van der Waals surface area contributed by atoms with Gasteiger partial charge in [-0.05, 0) is 12.1 Å². The Labute approximate surface area is 142 Å². The van der Waals surface area contributed by atoms with E-state index < -0.39 is 54.3 Å². The molecule has 1 aromatic rings. The van der Waals surface area contributed by atoms with E-state index in [1.807, 2.05) is 0 Å². The van der Waals surface area contributed by atoms with Gasteiger partial charge in [0.25, 0.3) is 0 Å². The van der Waals surface area contributed by atoms with Gasteiger partial charge < -0.3 is 75.5 Å². The van der Waals surface area contributed by atoms with E-state index in [2.05, 4.69) is 18.1 Å². The molecule has 0 fully saturated rings. The molecule has 0 spiro atoms. The predicted octanol–water partition coefficient (Wildman–Crippen LogP) is -5.48. The van der Waals surface area contributed by atoms with Crippen molar-refractivity contribution in [2.75, 3.05) is 0 Å². The Balaban J connectivity index is 3.72. The van der Waals surface area contributed by atoms with Gasteiger partial charge in [-0.25, -0.2) is 0 Å². The Kier molecular flexibility index (Phi) is 6.71. The topological polar surface area (TPSA) is 290 Å². The van der Waals surface area contributed by atoms with E-state index in [4.69, 9.17) is 0 Å². The molecule has 0 aliphatic rings. The summed E-state index contributed by atoms with van der Waals surface area (Å²) in [7, 11) is -24.3. The summed E-state index contributed by atoms with van der Waals surface area (Å²) in [6, 6.07) is 0.456. The van der Waals surface area contributed by atoms with Crippen molar-refractivity contribution in [2.45, 2.75) is 0 Å². The molecule has 0 heterocycles. The highest BCUT2D eigenvalue weighted by Crippen LogP contribution is 2.55. The molecular formula is C6H2O16P4-8. The predicted molar refractivity (Wildman–Crippen MR) is 59.4 cm³/mol. The summed E-state index contributed by atoms with van der Waals surface area (Å²) < 4.78 is 57.2. The maximum Gasteiger partial charge on any atom is 0.212 e. The van der Waals surface area contributed by atoms with Crippen molar-refractivity contribution in [3.63, 3.8) is 0 Å². The van der Waals surface area contributed by atoms with Crippen LogP contribution in [-0.4, -0.2) is 0 Å². The van der Waals surface area contributed by atoms with Crippen LogP contribution in [0.15, 0.2) is 12.1 Å². The van der Waals surface area contributed by atoms with Gasteiger partial charge in [0.1, 0.15) is 31.3 Å². The van der Waals surface area contributed by atoms with E-state index in [0.717, 1.165) is 0 Å². The second-order valence-corrected chi connectivity index (χ2v) is 8.18. The standard InChI is InChI=1S/C6H10O16P4/c7-23(8,9)19-3-1-2-4(20-24(10,11)12)6(22-26(16,17)18)5(3)21-25(13,14)15/h1-2H,(H2,7,8,9)(H2,10,11,12)(H2,13,14,15)(H2,16,17,18)/p-8. The molecule has 0 amide bonds. The minimum atomic E-state index is -6.17. The fourth-order valence-electron chi connectivity index (χ4n) is 1.31. The first-order valence-electron chi connectivity index (χ1n) is 5.40. The third-order valence-electron chi connectivity index (χ3n) is 1.87. The Bertz CT molecular complexity index is 781. The SMILES string of the molecule is O=P([O-])([O-])Oc1ccc(OP(=O)([O-])[O-])c(OP(=O)([O-])[O-])c1OP(=O)([O-])[O-]. The smallest absolute Gasteiger partial charge is 0.212 e. The summed E-state index contributed by atoms with van der Waals surface area (Å²) in [6.45, 7) is 0. The average molecular weight is 454 g/mol. The normalized spacial score (nSPS) is 13.2. The number of phosphoric ester groups is 4. The van der Waals surface area contributed by atoms with E-state index >= 15 is 0 Å². The maximum atomic E-state index is 10.7. The van der Waals surface area contributed by atoms with Crippen LogP contribution >= 0.6 is 31.3 Å². The summed E-state index contributed by atoms with van der Waals surface area (Å²) in [5, 5.41) is 0. The van der Waals surface area contributed by atoms with Gasteiger partial charge in [-0.15, -0.1) is 0 Å². The summed E-state index contributed by atoms with van der Waals surface area (Å²) in [4.78, 5) is 85.2. The van der Waals surface area contributed by atoms with Crippen LogP contribution in [-0.2, 0) is 18.3 Å². The van der Waals surface area contributed by atoms with Crippen LogP contribution in [0.5, 0.6) is 23.0 Å². The zero-order valence-corrected chi connectivity index (χ0v) is 15.1. The lowest BCUT2D eigenvalue weighted by molar-refractivity contribution is -0.339. The van der Waals surface area contributed by atoms with Gasteiger partial charge >= 0.3 is 0 Å². The minimum Gasteiger partial charge on any atom is -0.780 e. The summed E-state index contributed by atoms with van der Waals surface area (Å²) in [5.74, 6) is -6.73. The molecule has 0 radical (unpaired) electrons. The second kappa shape index (κ2) is 7.56. The molecule has 0 bridgehead atoms. The Morgan fingerprint density at radius 2 is 0.731 bits per heavy atom. The van der Waals surface area contributed by atoms with Crippen LogP contribution in [0.3, 0.4) is 0 Å². The highest BCUT2D eigenvalue weighted by molar-refractivity contribution is 7.44. The highest BCUT2D eigenvalue weighted by atomic mass is 31.2. The van der Waals surface area contributed by atoms with Gasteiger partial charge in [0, 0.05) is 0 Å². The summed E-state index contributed by atoms with van der Waals surface area (Å²) in [5.41, 5.74) is 0. The van der Waals surface area contributed by atoms with Crippen LogP contribution in [0.25, 0.3) is 0 Å². The number of hydrogen-bond acceptors (Lipinski definition) is 16. The Hall–Kier alpha value is -0.980. The number of benzene rings is 1. The quantitative estimate of drug-likeness (QED) is 0.331. The average Bonchev–Trinajstić information content (AvgIpc) is 2.30. The van der Waals surface area contributed by atoms with Crippen LogP contribution in [0.2, 0.25) is 0 Å². The van der Waals surface area contributed by atoms with E-state index in [1.165, 1.54) is 0 Å². The van der Waals surface area contributed by atoms with Crippen molar-refractivity contribution in [3.8, 4) is 23.0 Å². The van der Waals surface area contributed by atoms with Gasteiger partial charge in [0.15, 0.2) is 11.5 Å². The highest BCUT2D eigenvalue weighted by Gasteiger charge is 2.23. The summed E-state index contributed by atoms with van der Waals surface area (Å²) in [6.07, 6.45) is 0. The molecule has 0 aliphatic heterocycles. The number of hydrogen-bond donors (Lipinski definition) is 0. The van der Waals surface area contributed by atoms with Crippen molar-refractivity contribution < 1.29 is 75.5 Å². The molecule has 16 nitrogen and oxygen atoms in total. The lowest BCUT2D eigenvalue weighted by Gasteiger charge is -2.37. The largest absolute Gasteiger partial charge is 0.780 e. The zero-order chi connectivity index (χ0) is 20.6. The number of phosphoric acid groups is 4. The van der Waals surface area contributed by atoms with E-state index in [0.29, 0.717) is 0 Å². The molecule has 1 aromatic carbocycles. The minimum absolute atomic E-state index is 0.228. The van der Waals surface area contributed by atoms with Crippen molar-refractivity contribution in [1.82, 2.24) is 0 Å². The van der Waals surface area contributed by atoms with Crippen molar-refractivity contribution in [1.29, 1.82) is 0 Å². The van der Waals surface area contributed by atoms with Crippen LogP contribution in [0, 0.1) is 0 Å². The molecule has 0 saturated carbocycles. The molecule has 150 valence electrons. The molecule has 20 heteroatoms. The fraction of sp³-hybridized carbons (Fsp3) is 0. The van der Waals surface area contributed by atoms with Gasteiger partial charge in [0.2, 0.25) is 11.5 Å².